The molecule has 0 aliphatic carbocycles. The van der Waals surface area contributed by atoms with Gasteiger partial charge in [-0.2, -0.15) is 0 Å². The molecule has 2 aromatic rings. The van der Waals surface area contributed by atoms with E-state index < -0.39 is 5.82 Å². The average Bonchev–Trinajstić information content (AvgIpc) is 2.28. The first-order chi connectivity index (χ1) is 8.16. The van der Waals surface area contributed by atoms with Crippen molar-refractivity contribution in [3.63, 3.8) is 0 Å². The van der Waals surface area contributed by atoms with Crippen LogP contribution in [0.2, 0.25) is 5.02 Å². The minimum absolute atomic E-state index is 0.290. The van der Waals surface area contributed by atoms with Crippen molar-refractivity contribution in [3.05, 3.63) is 34.2 Å². The van der Waals surface area contributed by atoms with Gasteiger partial charge in [0.1, 0.15) is 5.82 Å². The molecule has 88 valence electrons. The van der Waals surface area contributed by atoms with E-state index in [-0.39, 0.29) is 0 Å². The van der Waals surface area contributed by atoms with Gasteiger partial charge in [0, 0.05) is 29.1 Å². The molecule has 0 saturated carbocycles. The Bertz CT molecular complexity index is 615. The quantitative estimate of drug-likeness (QED) is 0.784. The molecular weight excluding hydrogens is 243 g/mol. The number of benzene rings is 1. The molecule has 0 radical (unpaired) electrons. The first-order valence-corrected chi connectivity index (χ1v) is 5.68. The Labute approximate surface area is 102 Å². The molecule has 0 fully saturated rings. The number of anilines is 1. The summed E-state index contributed by atoms with van der Waals surface area (Å²) < 4.78 is 18.6. The maximum absolute atomic E-state index is 13.3. The molecule has 0 unspecified atom stereocenters. The smallest absolute Gasteiger partial charge is 0.126 e. The van der Waals surface area contributed by atoms with Crippen molar-refractivity contribution in [3.8, 4) is 0 Å². The van der Waals surface area contributed by atoms with Gasteiger partial charge in [0.15, 0.2) is 0 Å². The number of ether oxygens (including phenoxy) is 1. The fourth-order valence-corrected chi connectivity index (χ4v) is 2.45. The van der Waals surface area contributed by atoms with E-state index in [1.807, 2.05) is 0 Å². The van der Waals surface area contributed by atoms with Gasteiger partial charge >= 0.3 is 0 Å². The van der Waals surface area contributed by atoms with Gasteiger partial charge in [0.05, 0.1) is 29.4 Å². The third kappa shape index (κ3) is 1.64. The predicted molar refractivity (Wildman–Crippen MR) is 64.5 cm³/mol. The molecule has 5 heteroatoms. The Hall–Kier alpha value is -1.39. The van der Waals surface area contributed by atoms with Crippen LogP contribution in [-0.2, 0) is 17.8 Å². The monoisotopic (exact) mass is 252 g/mol. The topological polar surface area (TPSA) is 48.1 Å². The lowest BCUT2D eigenvalue weighted by molar-refractivity contribution is 0.110. The fourth-order valence-electron chi connectivity index (χ4n) is 2.14. The molecule has 0 amide bonds. The molecule has 0 bridgehead atoms. The van der Waals surface area contributed by atoms with Crippen molar-refractivity contribution < 1.29 is 9.13 Å². The van der Waals surface area contributed by atoms with E-state index in [9.17, 15) is 4.39 Å². The Morgan fingerprint density at radius 3 is 3.06 bits per heavy atom. The van der Waals surface area contributed by atoms with Crippen molar-refractivity contribution in [1.29, 1.82) is 0 Å². The third-order valence-electron chi connectivity index (χ3n) is 2.96. The number of hydrogen-bond donors (Lipinski definition) is 1. The van der Waals surface area contributed by atoms with Gasteiger partial charge in [0.25, 0.3) is 0 Å². The van der Waals surface area contributed by atoms with E-state index in [0.29, 0.717) is 41.2 Å². The number of nitrogen functional groups attached to an aromatic ring is 1. The standard InChI is InChI=1S/C12H10ClFN2O/c13-8-3-6(14)4-10-11(8)12(15)7-5-17-2-1-9(7)16-10/h3-4H,1-2,5H2,(H2,15,16). The maximum atomic E-state index is 13.3. The lowest BCUT2D eigenvalue weighted by Gasteiger charge is -2.19. The van der Waals surface area contributed by atoms with Crippen LogP contribution in [0.5, 0.6) is 0 Å². The number of pyridine rings is 1. The predicted octanol–water partition coefficient (Wildman–Crippen LogP) is 2.68. The number of fused-ring (bicyclic) bond motifs is 2. The molecule has 1 aliphatic rings. The van der Waals surface area contributed by atoms with Crippen LogP contribution in [0.25, 0.3) is 10.9 Å². The Morgan fingerprint density at radius 2 is 2.24 bits per heavy atom. The minimum atomic E-state index is -0.401. The largest absolute Gasteiger partial charge is 0.398 e. The highest BCUT2D eigenvalue weighted by Crippen LogP contribution is 2.34. The highest BCUT2D eigenvalue weighted by molar-refractivity contribution is 6.36. The number of rotatable bonds is 0. The third-order valence-corrected chi connectivity index (χ3v) is 3.26. The van der Waals surface area contributed by atoms with Gasteiger partial charge in [-0.1, -0.05) is 11.6 Å². The second-order valence-corrected chi connectivity index (χ2v) is 4.44. The van der Waals surface area contributed by atoms with Crippen LogP contribution in [0.1, 0.15) is 11.3 Å². The summed E-state index contributed by atoms with van der Waals surface area (Å²) in [6.07, 6.45) is 0.698. The van der Waals surface area contributed by atoms with Crippen LogP contribution in [0.3, 0.4) is 0 Å². The molecule has 0 spiro atoms. The first-order valence-electron chi connectivity index (χ1n) is 5.30. The van der Waals surface area contributed by atoms with E-state index in [4.69, 9.17) is 22.1 Å². The van der Waals surface area contributed by atoms with E-state index in [1.54, 1.807) is 0 Å². The minimum Gasteiger partial charge on any atom is -0.398 e. The Kier molecular flexibility index (Phi) is 2.42. The molecule has 0 saturated heterocycles. The average molecular weight is 253 g/mol. The van der Waals surface area contributed by atoms with E-state index >= 15 is 0 Å². The summed E-state index contributed by atoms with van der Waals surface area (Å²) in [5.41, 5.74) is 8.87. The van der Waals surface area contributed by atoms with Gasteiger partial charge in [-0.05, 0) is 6.07 Å². The second kappa shape index (κ2) is 3.82. The highest BCUT2D eigenvalue weighted by atomic mass is 35.5. The second-order valence-electron chi connectivity index (χ2n) is 4.04. The van der Waals surface area contributed by atoms with Crippen molar-refractivity contribution in [1.82, 2.24) is 4.98 Å². The van der Waals surface area contributed by atoms with Crippen molar-refractivity contribution in [2.45, 2.75) is 13.0 Å². The molecule has 0 atom stereocenters. The maximum Gasteiger partial charge on any atom is 0.126 e. The molecule has 1 aromatic heterocycles. The number of halogens is 2. The molecular formula is C12H10ClFN2O. The molecule has 1 aromatic carbocycles. The number of hydrogen-bond acceptors (Lipinski definition) is 3. The summed E-state index contributed by atoms with van der Waals surface area (Å²) in [6, 6.07) is 2.60. The summed E-state index contributed by atoms with van der Waals surface area (Å²) in [5.74, 6) is -0.401. The summed E-state index contributed by atoms with van der Waals surface area (Å²) >= 11 is 6.01. The molecule has 2 heterocycles. The van der Waals surface area contributed by atoms with Crippen LogP contribution in [0.15, 0.2) is 12.1 Å². The van der Waals surface area contributed by atoms with Crippen molar-refractivity contribution >= 4 is 28.2 Å². The van der Waals surface area contributed by atoms with Gasteiger partial charge in [-0.3, -0.25) is 4.98 Å². The lowest BCUT2D eigenvalue weighted by atomic mass is 10.0. The van der Waals surface area contributed by atoms with Crippen LogP contribution in [-0.4, -0.2) is 11.6 Å². The van der Waals surface area contributed by atoms with Crippen molar-refractivity contribution in [2.75, 3.05) is 12.3 Å². The lowest BCUT2D eigenvalue weighted by Crippen LogP contribution is -2.14. The summed E-state index contributed by atoms with van der Waals surface area (Å²) in [5, 5.41) is 0.899. The fraction of sp³-hybridized carbons (Fsp3) is 0.250. The zero-order valence-corrected chi connectivity index (χ0v) is 9.72. The van der Waals surface area contributed by atoms with Crippen molar-refractivity contribution in [2.24, 2.45) is 0 Å². The molecule has 17 heavy (non-hydrogen) atoms. The number of nitrogens with two attached hydrogens (primary N) is 1. The summed E-state index contributed by atoms with van der Waals surface area (Å²) in [7, 11) is 0. The number of aromatic nitrogens is 1. The van der Waals surface area contributed by atoms with E-state index in [2.05, 4.69) is 4.98 Å². The van der Waals surface area contributed by atoms with Gasteiger partial charge < -0.3 is 10.5 Å². The Morgan fingerprint density at radius 1 is 1.41 bits per heavy atom. The van der Waals surface area contributed by atoms with E-state index in [1.165, 1.54) is 12.1 Å². The first kappa shape index (κ1) is 10.7. The van der Waals surface area contributed by atoms with Gasteiger partial charge in [0.2, 0.25) is 0 Å². The molecule has 2 N–H and O–H groups in total. The SMILES string of the molecule is Nc1c2c(nc3cc(F)cc(Cl)c13)CCOC2. The van der Waals surface area contributed by atoms with Crippen LogP contribution >= 0.6 is 11.6 Å². The summed E-state index contributed by atoms with van der Waals surface area (Å²) in [6.45, 7) is 1.06. The number of nitrogens with zero attached hydrogens (tertiary/aromatic N) is 1. The molecule has 3 rings (SSSR count). The Balaban J connectivity index is 2.40. The summed E-state index contributed by atoms with van der Waals surface area (Å²) in [4.78, 5) is 4.41. The molecule has 1 aliphatic heterocycles. The van der Waals surface area contributed by atoms with Crippen LogP contribution in [0.4, 0.5) is 10.1 Å². The molecule has 3 nitrogen and oxygen atoms in total. The van der Waals surface area contributed by atoms with Gasteiger partial charge in [-0.15, -0.1) is 0 Å². The zero-order valence-electron chi connectivity index (χ0n) is 8.96. The van der Waals surface area contributed by atoms with Gasteiger partial charge in [-0.25, -0.2) is 4.39 Å². The zero-order chi connectivity index (χ0) is 12.0. The highest BCUT2D eigenvalue weighted by Gasteiger charge is 2.18. The normalized spacial score (nSPS) is 14.9. The van der Waals surface area contributed by atoms with Crippen LogP contribution < -0.4 is 5.73 Å². The van der Waals surface area contributed by atoms with E-state index in [0.717, 1.165) is 11.3 Å². The van der Waals surface area contributed by atoms with Crippen LogP contribution in [0, 0.1) is 5.82 Å².